The second-order valence-corrected chi connectivity index (χ2v) is 11.0. The average Bonchev–Trinajstić information content (AvgIpc) is 3.05. The minimum atomic E-state index is -0.351. The maximum atomic E-state index is 12.3. The fourth-order valence-electron chi connectivity index (χ4n) is 4.82. The van der Waals surface area contributed by atoms with E-state index in [0.29, 0.717) is 57.2 Å². The van der Waals surface area contributed by atoms with Gasteiger partial charge in [-0.25, -0.2) is 15.0 Å². The number of anilines is 5. The van der Waals surface area contributed by atoms with Crippen molar-refractivity contribution in [2.45, 2.75) is 18.9 Å². The van der Waals surface area contributed by atoms with Gasteiger partial charge in [0.25, 0.3) is 0 Å². The summed E-state index contributed by atoms with van der Waals surface area (Å²) < 4.78 is 17.0. The van der Waals surface area contributed by atoms with Crippen molar-refractivity contribution in [3.63, 3.8) is 0 Å². The number of piperidine rings is 1. The molecule has 4 aromatic rings. The maximum Gasteiger partial charge on any atom is 0.247 e. The Labute approximate surface area is 271 Å². The molecular weight excluding hydrogens is 617 g/mol. The van der Waals surface area contributed by atoms with Crippen LogP contribution in [0.1, 0.15) is 12.8 Å². The van der Waals surface area contributed by atoms with E-state index in [1.165, 1.54) is 26.6 Å². The summed E-state index contributed by atoms with van der Waals surface area (Å²) in [5.74, 6) is 2.00. The number of carbonyl (C=O) groups excluding carboxylic acids is 1. The third-order valence-electron chi connectivity index (χ3n) is 7.23. The van der Waals surface area contributed by atoms with Crippen LogP contribution in [0.5, 0.6) is 17.2 Å². The number of amides is 1. The number of likely N-dealkylation sites (tertiary alicyclic amines) is 1. The highest BCUT2D eigenvalue weighted by atomic mass is 35.5. The van der Waals surface area contributed by atoms with Gasteiger partial charge in [-0.15, -0.1) is 0 Å². The lowest BCUT2D eigenvalue weighted by Crippen LogP contribution is -2.35. The summed E-state index contributed by atoms with van der Waals surface area (Å²) in [6, 6.07) is 12.5. The fraction of sp³-hybridized carbons (Fsp3) is 0.250. The van der Waals surface area contributed by atoms with E-state index in [1.54, 1.807) is 30.5 Å². The number of hydrogen-bond acceptors (Lipinski definition) is 10. The highest BCUT2D eigenvalue weighted by Crippen LogP contribution is 2.46. The first kappa shape index (κ1) is 31.8. The molecule has 0 bridgehead atoms. The zero-order valence-electron chi connectivity index (χ0n) is 25.1. The van der Waals surface area contributed by atoms with Crippen molar-refractivity contribution in [1.82, 2.24) is 19.9 Å². The number of halogens is 2. The Bertz CT molecular complexity index is 1670. The topological polar surface area (TPSA) is 123 Å². The molecule has 5 rings (SSSR count). The van der Waals surface area contributed by atoms with E-state index in [9.17, 15) is 4.79 Å². The van der Waals surface area contributed by atoms with Crippen LogP contribution in [0.4, 0.5) is 28.7 Å². The van der Waals surface area contributed by atoms with Gasteiger partial charge in [-0.1, -0.05) is 29.8 Å². The van der Waals surface area contributed by atoms with Crippen molar-refractivity contribution < 1.29 is 19.0 Å². The summed E-state index contributed by atoms with van der Waals surface area (Å²) >= 11 is 13.2. The van der Waals surface area contributed by atoms with Gasteiger partial charge in [0.05, 0.1) is 37.0 Å². The standard InChI is InChI=1S/C32H33Cl2N7O4/c1-5-28(42)39-24-15-20(45-19-10-13-41(2)14-11-19)8-9-22(24)38-27-16-23(36-18-37-27)21-7-6-12-35-32(21)40-31-29(33)25(43-3)17-26(44-4)30(31)34/h5-9,12,15-19H,1,10-11,13-14H2,2-4H3,(H,35,40)(H,39,42)(H,36,37,38). The number of benzene rings is 2. The van der Waals surface area contributed by atoms with Gasteiger partial charge in [0, 0.05) is 43.0 Å². The molecule has 3 N–H and O–H groups in total. The number of rotatable bonds is 11. The van der Waals surface area contributed by atoms with Crippen LogP contribution >= 0.6 is 23.2 Å². The van der Waals surface area contributed by atoms with E-state index in [-0.39, 0.29) is 22.1 Å². The maximum absolute atomic E-state index is 12.3. The lowest BCUT2D eigenvalue weighted by molar-refractivity contribution is -0.111. The monoisotopic (exact) mass is 649 g/mol. The molecule has 0 spiro atoms. The van der Waals surface area contributed by atoms with E-state index in [2.05, 4.69) is 49.4 Å². The highest BCUT2D eigenvalue weighted by molar-refractivity contribution is 6.41. The Kier molecular flexibility index (Phi) is 10.2. The minimum Gasteiger partial charge on any atom is -0.495 e. The summed E-state index contributed by atoms with van der Waals surface area (Å²) in [6.45, 7) is 5.52. The molecule has 1 fully saturated rings. The number of aromatic nitrogens is 3. The number of nitrogens with zero attached hydrogens (tertiary/aromatic N) is 4. The van der Waals surface area contributed by atoms with Crippen molar-refractivity contribution in [3.8, 4) is 28.5 Å². The molecule has 11 nitrogen and oxygen atoms in total. The van der Waals surface area contributed by atoms with Gasteiger partial charge in [-0.3, -0.25) is 4.79 Å². The fourth-order valence-corrected chi connectivity index (χ4v) is 5.42. The Hall–Kier alpha value is -4.58. The first-order valence-corrected chi connectivity index (χ1v) is 14.9. The second-order valence-electron chi connectivity index (χ2n) is 10.2. The predicted octanol–water partition coefficient (Wildman–Crippen LogP) is 6.95. The smallest absolute Gasteiger partial charge is 0.247 e. The van der Waals surface area contributed by atoms with Crippen LogP contribution < -0.4 is 30.2 Å². The van der Waals surface area contributed by atoms with Gasteiger partial charge >= 0.3 is 0 Å². The Morgan fingerprint density at radius 2 is 1.71 bits per heavy atom. The predicted molar refractivity (Wildman–Crippen MR) is 178 cm³/mol. The molecule has 0 unspecified atom stereocenters. The van der Waals surface area contributed by atoms with Crippen LogP contribution in [0.15, 0.2) is 67.6 Å². The number of nitrogens with one attached hydrogen (secondary N) is 3. The van der Waals surface area contributed by atoms with Crippen LogP contribution in [0.2, 0.25) is 10.0 Å². The summed E-state index contributed by atoms with van der Waals surface area (Å²) in [5.41, 5.74) is 2.71. The van der Waals surface area contributed by atoms with Gasteiger partial charge in [0.15, 0.2) is 0 Å². The van der Waals surface area contributed by atoms with Gasteiger partial charge in [0.2, 0.25) is 5.91 Å². The highest BCUT2D eigenvalue weighted by Gasteiger charge is 2.21. The first-order valence-electron chi connectivity index (χ1n) is 14.1. The molecule has 0 atom stereocenters. The molecule has 0 saturated carbocycles. The molecule has 0 aliphatic carbocycles. The van der Waals surface area contributed by atoms with Crippen molar-refractivity contribution in [3.05, 3.63) is 77.7 Å². The zero-order valence-corrected chi connectivity index (χ0v) is 26.6. The molecule has 1 aliphatic heterocycles. The normalized spacial score (nSPS) is 13.5. The van der Waals surface area contributed by atoms with E-state index >= 15 is 0 Å². The SMILES string of the molecule is C=CC(=O)Nc1cc(OC2CCN(C)CC2)ccc1Nc1cc(-c2cccnc2Nc2c(Cl)c(OC)cc(OC)c2Cl)ncn1. The van der Waals surface area contributed by atoms with E-state index in [0.717, 1.165) is 25.9 Å². The summed E-state index contributed by atoms with van der Waals surface area (Å²) in [5, 5.41) is 9.90. The summed E-state index contributed by atoms with van der Waals surface area (Å²) in [6.07, 6.45) is 6.26. The van der Waals surface area contributed by atoms with Crippen LogP contribution in [-0.2, 0) is 4.79 Å². The molecule has 1 amide bonds. The van der Waals surface area contributed by atoms with Gasteiger partial charge in [-0.2, -0.15) is 0 Å². The third-order valence-corrected chi connectivity index (χ3v) is 7.98. The summed E-state index contributed by atoms with van der Waals surface area (Å²) in [4.78, 5) is 28.0. The lowest BCUT2D eigenvalue weighted by Gasteiger charge is -2.29. The van der Waals surface area contributed by atoms with Crippen molar-refractivity contribution >= 4 is 57.8 Å². The van der Waals surface area contributed by atoms with E-state index in [4.69, 9.17) is 37.4 Å². The van der Waals surface area contributed by atoms with Crippen LogP contribution in [0, 0.1) is 0 Å². The largest absolute Gasteiger partial charge is 0.495 e. The lowest BCUT2D eigenvalue weighted by atomic mass is 10.1. The molecule has 45 heavy (non-hydrogen) atoms. The van der Waals surface area contributed by atoms with Crippen LogP contribution in [-0.4, -0.2) is 66.2 Å². The number of ether oxygens (including phenoxy) is 3. The van der Waals surface area contributed by atoms with E-state index in [1.807, 2.05) is 18.2 Å². The van der Waals surface area contributed by atoms with Crippen molar-refractivity contribution in [2.24, 2.45) is 0 Å². The molecule has 0 radical (unpaired) electrons. The Morgan fingerprint density at radius 1 is 0.978 bits per heavy atom. The molecule has 2 aromatic carbocycles. The second kappa shape index (κ2) is 14.5. The van der Waals surface area contributed by atoms with Gasteiger partial charge < -0.3 is 35.1 Å². The van der Waals surface area contributed by atoms with E-state index < -0.39 is 0 Å². The number of hydrogen-bond donors (Lipinski definition) is 3. The Balaban J connectivity index is 1.43. The van der Waals surface area contributed by atoms with Crippen molar-refractivity contribution in [1.29, 1.82) is 0 Å². The molecule has 1 saturated heterocycles. The molecular formula is C32H33Cl2N7O4. The molecule has 13 heteroatoms. The van der Waals surface area contributed by atoms with Crippen LogP contribution in [0.3, 0.4) is 0 Å². The quantitative estimate of drug-likeness (QED) is 0.147. The van der Waals surface area contributed by atoms with Crippen molar-refractivity contribution in [2.75, 3.05) is 50.3 Å². The third kappa shape index (κ3) is 7.56. The molecule has 2 aromatic heterocycles. The minimum absolute atomic E-state index is 0.109. The molecule has 1 aliphatic rings. The number of methoxy groups -OCH3 is 2. The number of pyridine rings is 1. The summed E-state index contributed by atoms with van der Waals surface area (Å²) in [7, 11) is 5.11. The molecule has 234 valence electrons. The Morgan fingerprint density at radius 3 is 2.40 bits per heavy atom. The first-order chi connectivity index (χ1) is 21.8. The average molecular weight is 651 g/mol. The molecule has 3 heterocycles. The van der Waals surface area contributed by atoms with Gasteiger partial charge in [-0.05, 0) is 50.2 Å². The van der Waals surface area contributed by atoms with Gasteiger partial charge in [0.1, 0.15) is 51.4 Å². The van der Waals surface area contributed by atoms with Crippen LogP contribution in [0.25, 0.3) is 11.3 Å². The number of carbonyl (C=O) groups is 1. The zero-order chi connectivity index (χ0) is 31.9.